The average molecular weight is 395 g/mol. The van der Waals surface area contributed by atoms with E-state index in [1.54, 1.807) is 4.90 Å². The third kappa shape index (κ3) is 7.04. The van der Waals surface area contributed by atoms with Crippen LogP contribution in [0.4, 0.5) is 0 Å². The Morgan fingerprint density at radius 3 is 1.83 bits per heavy atom. The summed E-state index contributed by atoms with van der Waals surface area (Å²) in [4.78, 5) is 28.0. The van der Waals surface area contributed by atoms with Crippen LogP contribution in [0.15, 0.2) is 48.5 Å². The van der Waals surface area contributed by atoms with Crippen molar-refractivity contribution in [3.05, 3.63) is 70.8 Å². The van der Waals surface area contributed by atoms with Crippen LogP contribution in [0.25, 0.3) is 0 Å². The van der Waals surface area contributed by atoms with Gasteiger partial charge >= 0.3 is 0 Å². The van der Waals surface area contributed by atoms with Crippen molar-refractivity contribution in [3.8, 4) is 0 Å². The summed E-state index contributed by atoms with van der Waals surface area (Å²) in [5.74, 6) is -0.144. The molecule has 0 spiro atoms. The number of aryl methyl sites for hydroxylation is 2. The van der Waals surface area contributed by atoms with Crippen LogP contribution in [-0.4, -0.2) is 28.3 Å². The first-order valence-corrected chi connectivity index (χ1v) is 10.3. The van der Waals surface area contributed by atoms with Gasteiger partial charge in [0.15, 0.2) is 0 Å². The molecule has 0 fully saturated rings. The summed E-state index contributed by atoms with van der Waals surface area (Å²) in [5.41, 5.74) is 3.97. The normalized spacial score (nSPS) is 12.3. The largest absolute Gasteiger partial charge is 0.350 e. The van der Waals surface area contributed by atoms with Crippen molar-refractivity contribution in [2.24, 2.45) is 0 Å². The molecule has 2 amide bonds. The predicted molar refractivity (Wildman–Crippen MR) is 119 cm³/mol. The van der Waals surface area contributed by atoms with Crippen molar-refractivity contribution in [3.63, 3.8) is 0 Å². The molecule has 0 bridgehead atoms. The van der Waals surface area contributed by atoms with E-state index in [2.05, 4.69) is 5.32 Å². The Bertz CT molecular complexity index is 817. The van der Waals surface area contributed by atoms with Gasteiger partial charge in [0.1, 0.15) is 6.04 Å². The summed E-state index contributed by atoms with van der Waals surface area (Å²) in [6.07, 6.45) is 0.846. The molecule has 29 heavy (non-hydrogen) atoms. The number of nitrogens with zero attached hydrogens (tertiary/aromatic N) is 1. The molecule has 0 saturated heterocycles. The number of carbonyl (C=O) groups is 2. The number of hydrogen-bond acceptors (Lipinski definition) is 2. The van der Waals surface area contributed by atoms with Gasteiger partial charge in [-0.2, -0.15) is 0 Å². The Kier molecular flexibility index (Phi) is 7.60. The smallest absolute Gasteiger partial charge is 0.243 e. The first-order valence-electron chi connectivity index (χ1n) is 10.3. The molecule has 2 aromatic carbocycles. The molecule has 1 N–H and O–H groups in total. The van der Waals surface area contributed by atoms with Gasteiger partial charge in [-0.3, -0.25) is 9.59 Å². The Hall–Kier alpha value is -2.62. The fourth-order valence-corrected chi connectivity index (χ4v) is 3.24. The van der Waals surface area contributed by atoms with Crippen LogP contribution in [0.5, 0.6) is 0 Å². The van der Waals surface area contributed by atoms with E-state index in [-0.39, 0.29) is 23.8 Å². The molecular formula is C25H34N2O2. The molecule has 2 rings (SSSR count). The van der Waals surface area contributed by atoms with Gasteiger partial charge in [0.2, 0.25) is 11.8 Å². The standard InChI is InChI=1S/C25H34N2O2/c1-7-22(24(29)26-25(4,5)6)27(17-21-14-10-19(3)11-15-21)23(28)16-20-12-8-18(2)9-13-20/h8-15,22H,7,16-17H2,1-6H3,(H,26,29)/t22-/m1/s1. The molecule has 0 heterocycles. The molecule has 1 atom stereocenters. The zero-order valence-electron chi connectivity index (χ0n) is 18.6. The van der Waals surface area contributed by atoms with Crippen LogP contribution in [0.1, 0.15) is 56.4 Å². The van der Waals surface area contributed by atoms with Crippen LogP contribution in [-0.2, 0) is 22.6 Å². The summed E-state index contributed by atoms with van der Waals surface area (Å²) >= 11 is 0. The van der Waals surface area contributed by atoms with E-state index in [0.29, 0.717) is 13.0 Å². The second-order valence-corrected chi connectivity index (χ2v) is 8.83. The maximum atomic E-state index is 13.3. The molecule has 0 unspecified atom stereocenters. The topological polar surface area (TPSA) is 49.4 Å². The van der Waals surface area contributed by atoms with Crippen molar-refractivity contribution in [2.45, 2.75) is 72.5 Å². The molecule has 4 heteroatoms. The van der Waals surface area contributed by atoms with Gasteiger partial charge in [0, 0.05) is 12.1 Å². The average Bonchev–Trinajstić information content (AvgIpc) is 2.63. The van der Waals surface area contributed by atoms with Crippen LogP contribution in [0.3, 0.4) is 0 Å². The Labute approximate surface area is 175 Å². The minimum absolute atomic E-state index is 0.0367. The number of nitrogens with one attached hydrogen (secondary N) is 1. The van der Waals surface area contributed by atoms with E-state index < -0.39 is 6.04 Å². The van der Waals surface area contributed by atoms with Crippen LogP contribution in [0, 0.1) is 13.8 Å². The molecule has 0 aliphatic rings. The lowest BCUT2D eigenvalue weighted by atomic mass is 10.0. The maximum absolute atomic E-state index is 13.3. The van der Waals surface area contributed by atoms with E-state index >= 15 is 0 Å². The second-order valence-electron chi connectivity index (χ2n) is 8.83. The zero-order chi connectivity index (χ0) is 21.6. The maximum Gasteiger partial charge on any atom is 0.243 e. The van der Waals surface area contributed by atoms with Crippen molar-refractivity contribution < 1.29 is 9.59 Å². The van der Waals surface area contributed by atoms with Gasteiger partial charge in [-0.25, -0.2) is 0 Å². The van der Waals surface area contributed by atoms with E-state index in [1.807, 2.05) is 90.1 Å². The highest BCUT2D eigenvalue weighted by molar-refractivity contribution is 5.88. The lowest BCUT2D eigenvalue weighted by molar-refractivity contribution is -0.141. The molecule has 0 aliphatic carbocycles. The first-order chi connectivity index (χ1) is 13.6. The lowest BCUT2D eigenvalue weighted by Crippen LogP contribution is -2.53. The number of benzene rings is 2. The van der Waals surface area contributed by atoms with Crippen LogP contribution < -0.4 is 5.32 Å². The van der Waals surface area contributed by atoms with Crippen LogP contribution in [0.2, 0.25) is 0 Å². The highest BCUT2D eigenvalue weighted by Crippen LogP contribution is 2.16. The Morgan fingerprint density at radius 1 is 0.897 bits per heavy atom. The van der Waals surface area contributed by atoms with Gasteiger partial charge in [-0.15, -0.1) is 0 Å². The lowest BCUT2D eigenvalue weighted by Gasteiger charge is -2.33. The third-order valence-electron chi connectivity index (χ3n) is 4.83. The number of hydrogen-bond donors (Lipinski definition) is 1. The highest BCUT2D eigenvalue weighted by atomic mass is 16.2. The summed E-state index contributed by atoms with van der Waals surface area (Å²) in [6, 6.07) is 15.6. The Morgan fingerprint density at radius 2 is 1.38 bits per heavy atom. The molecule has 0 aromatic heterocycles. The van der Waals surface area contributed by atoms with Crippen molar-refractivity contribution in [2.75, 3.05) is 0 Å². The predicted octanol–water partition coefficient (Wildman–Crippen LogP) is 4.57. The van der Waals surface area contributed by atoms with Gasteiger partial charge in [-0.1, -0.05) is 66.6 Å². The van der Waals surface area contributed by atoms with Crippen LogP contribution >= 0.6 is 0 Å². The van der Waals surface area contributed by atoms with E-state index in [0.717, 1.165) is 16.7 Å². The number of rotatable bonds is 7. The fourth-order valence-electron chi connectivity index (χ4n) is 3.24. The monoisotopic (exact) mass is 394 g/mol. The SMILES string of the molecule is CC[C@H](C(=O)NC(C)(C)C)N(Cc1ccc(C)cc1)C(=O)Cc1ccc(C)cc1. The quantitative estimate of drug-likeness (QED) is 0.748. The molecule has 156 valence electrons. The van der Waals surface area contributed by atoms with E-state index in [4.69, 9.17) is 0 Å². The fraction of sp³-hybridized carbons (Fsp3) is 0.440. The van der Waals surface area contributed by atoms with E-state index in [1.165, 1.54) is 5.56 Å². The molecule has 0 saturated carbocycles. The Balaban J connectivity index is 2.29. The van der Waals surface area contributed by atoms with Gasteiger partial charge < -0.3 is 10.2 Å². The number of carbonyl (C=O) groups excluding carboxylic acids is 2. The van der Waals surface area contributed by atoms with Crippen molar-refractivity contribution in [1.82, 2.24) is 10.2 Å². The van der Waals surface area contributed by atoms with Gasteiger partial charge in [0.05, 0.1) is 6.42 Å². The molecule has 2 aromatic rings. The van der Waals surface area contributed by atoms with Crippen molar-refractivity contribution in [1.29, 1.82) is 0 Å². The minimum atomic E-state index is -0.506. The summed E-state index contributed by atoms with van der Waals surface area (Å²) in [6.45, 7) is 12.3. The molecule has 0 radical (unpaired) electrons. The van der Waals surface area contributed by atoms with E-state index in [9.17, 15) is 9.59 Å². The van der Waals surface area contributed by atoms with Gasteiger partial charge in [-0.05, 0) is 52.2 Å². The third-order valence-corrected chi connectivity index (χ3v) is 4.83. The summed E-state index contributed by atoms with van der Waals surface area (Å²) in [7, 11) is 0. The van der Waals surface area contributed by atoms with Gasteiger partial charge in [0.25, 0.3) is 0 Å². The molecule has 0 aliphatic heterocycles. The highest BCUT2D eigenvalue weighted by Gasteiger charge is 2.30. The summed E-state index contributed by atoms with van der Waals surface area (Å²) < 4.78 is 0. The second kappa shape index (κ2) is 9.73. The zero-order valence-corrected chi connectivity index (χ0v) is 18.6. The van der Waals surface area contributed by atoms with Crippen molar-refractivity contribution >= 4 is 11.8 Å². The minimum Gasteiger partial charge on any atom is -0.350 e. The molecule has 4 nitrogen and oxygen atoms in total. The number of amides is 2. The first kappa shape index (κ1) is 22.7. The molecular weight excluding hydrogens is 360 g/mol. The summed E-state index contributed by atoms with van der Waals surface area (Å²) in [5, 5.41) is 3.04.